The highest BCUT2D eigenvalue weighted by Crippen LogP contribution is 2.39. The fraction of sp³-hybridized carbons (Fsp3) is 0.645. The molecule has 2 heterocycles. The molecule has 0 unspecified atom stereocenters. The van der Waals surface area contributed by atoms with Crippen LogP contribution in [0.1, 0.15) is 73.6 Å². The van der Waals surface area contributed by atoms with Gasteiger partial charge in [-0.2, -0.15) is 0 Å². The molecule has 1 aromatic carbocycles. The quantitative estimate of drug-likeness (QED) is 0.115. The fourth-order valence-electron chi connectivity index (χ4n) is 4.49. The third-order valence-electron chi connectivity index (χ3n) is 7.87. The summed E-state index contributed by atoms with van der Waals surface area (Å²) in [7, 11) is -2.12. The van der Waals surface area contributed by atoms with Gasteiger partial charge in [-0.05, 0) is 75.9 Å². The fourth-order valence-corrected chi connectivity index (χ4v) is 6.02. The maximum Gasteiger partial charge on any atom is 0.314 e. The van der Waals surface area contributed by atoms with Gasteiger partial charge >= 0.3 is 5.97 Å². The Kier molecular flexibility index (Phi) is 11.1. The largest absolute Gasteiger partial charge is 0.426 e. The second-order valence-corrected chi connectivity index (χ2v) is 17.9. The Balaban J connectivity index is 1.56. The molecular weight excluding hydrogens is 532 g/mol. The normalized spacial score (nSPS) is 24.8. The molecule has 4 atom stereocenters. The summed E-state index contributed by atoms with van der Waals surface area (Å²) >= 11 is 6.58. The van der Waals surface area contributed by atoms with Crippen molar-refractivity contribution >= 4 is 25.9 Å². The summed E-state index contributed by atoms with van der Waals surface area (Å²) < 4.78 is 30.1. The average Bonchev–Trinajstić information content (AvgIpc) is 3.23. The number of para-hydroxylation sites is 1. The minimum atomic E-state index is -2.12. The van der Waals surface area contributed by atoms with E-state index in [0.717, 1.165) is 29.9 Å². The number of hydrogen-bond donors (Lipinski definition) is 0. The molecule has 0 bridgehead atoms. The van der Waals surface area contributed by atoms with Gasteiger partial charge in [-0.3, -0.25) is 4.79 Å². The molecule has 0 aromatic heterocycles. The standard InChI is InChI=1S/C31H47ClO6Si/c1-22(13-12-14-23(32)17-18-25-19-27-28(35-25)21-34-31(5,6)37-27)26(38-39(7,8)30(2,3)4)20-29(33)36-24-15-10-9-11-16-24/h9-11,13-16,25-28H,12,17-21H2,1-8H3/b22-13-,23-14-/t25-,26-,27-,28-/m0/s1. The van der Waals surface area contributed by atoms with E-state index in [1.165, 1.54) is 0 Å². The van der Waals surface area contributed by atoms with Crippen molar-refractivity contribution in [2.45, 2.75) is 122 Å². The Hall–Kier alpha value is -1.48. The molecule has 0 spiro atoms. The van der Waals surface area contributed by atoms with Crippen molar-refractivity contribution in [3.8, 4) is 5.75 Å². The molecule has 0 aliphatic carbocycles. The average molecular weight is 579 g/mol. The number of carbonyl (C=O) groups excluding carboxylic acids is 1. The number of rotatable bonds is 11. The van der Waals surface area contributed by atoms with Gasteiger partial charge in [0.1, 0.15) is 11.9 Å². The van der Waals surface area contributed by atoms with Gasteiger partial charge in [0, 0.05) is 11.5 Å². The van der Waals surface area contributed by atoms with E-state index in [2.05, 4.69) is 39.9 Å². The van der Waals surface area contributed by atoms with E-state index in [1.807, 2.05) is 45.0 Å². The van der Waals surface area contributed by atoms with Gasteiger partial charge in [-0.1, -0.05) is 62.7 Å². The van der Waals surface area contributed by atoms with Gasteiger partial charge < -0.3 is 23.4 Å². The third kappa shape index (κ3) is 9.83. The summed E-state index contributed by atoms with van der Waals surface area (Å²) in [6, 6.07) is 9.15. The number of carbonyl (C=O) groups is 1. The molecule has 0 amide bonds. The maximum absolute atomic E-state index is 12.8. The van der Waals surface area contributed by atoms with Crippen LogP contribution in [0, 0.1) is 0 Å². The van der Waals surface area contributed by atoms with Gasteiger partial charge in [0.2, 0.25) is 0 Å². The van der Waals surface area contributed by atoms with Crippen LogP contribution in [0.4, 0.5) is 0 Å². The van der Waals surface area contributed by atoms with E-state index in [-0.39, 0.29) is 41.8 Å². The Morgan fingerprint density at radius 3 is 2.54 bits per heavy atom. The smallest absolute Gasteiger partial charge is 0.314 e. The summed E-state index contributed by atoms with van der Waals surface area (Å²) in [6.07, 6.45) is 7.26. The van der Waals surface area contributed by atoms with E-state index < -0.39 is 14.1 Å². The summed E-state index contributed by atoms with van der Waals surface area (Å²) in [5.74, 6) is -0.314. The lowest BCUT2D eigenvalue weighted by Crippen LogP contribution is -2.46. The molecule has 0 radical (unpaired) electrons. The zero-order valence-electron chi connectivity index (χ0n) is 24.9. The summed E-state index contributed by atoms with van der Waals surface area (Å²) in [5.41, 5.74) is 1.01. The molecule has 2 aliphatic rings. The SMILES string of the molecule is C/C(=C/C/C=C(\Cl)CC[C@H]1C[C@@H]2OC(C)(C)OC[C@@H]2O1)[C@H](CC(=O)Oc1ccccc1)O[Si](C)(C)C(C)(C)C. The number of fused-ring (bicyclic) bond motifs is 1. The highest BCUT2D eigenvalue weighted by atomic mass is 35.5. The maximum atomic E-state index is 12.8. The predicted molar refractivity (Wildman–Crippen MR) is 158 cm³/mol. The van der Waals surface area contributed by atoms with Gasteiger partial charge in [-0.15, -0.1) is 0 Å². The molecule has 39 heavy (non-hydrogen) atoms. The molecule has 2 saturated heterocycles. The van der Waals surface area contributed by atoms with Gasteiger partial charge in [0.25, 0.3) is 0 Å². The molecule has 8 heteroatoms. The first-order valence-corrected chi connectivity index (χ1v) is 17.4. The number of ether oxygens (including phenoxy) is 4. The van der Waals surface area contributed by atoms with Crippen molar-refractivity contribution < 1.29 is 28.2 Å². The lowest BCUT2D eigenvalue weighted by molar-refractivity contribution is -0.293. The number of allylic oxidation sites excluding steroid dienone is 3. The molecule has 0 saturated carbocycles. The molecule has 3 rings (SSSR count). The van der Waals surface area contributed by atoms with Crippen molar-refractivity contribution in [2.75, 3.05) is 6.61 Å². The van der Waals surface area contributed by atoms with Gasteiger partial charge in [-0.25, -0.2) is 0 Å². The van der Waals surface area contributed by atoms with Crippen molar-refractivity contribution in [1.82, 2.24) is 0 Å². The minimum absolute atomic E-state index is 0.00257. The van der Waals surface area contributed by atoms with E-state index in [0.29, 0.717) is 18.8 Å². The van der Waals surface area contributed by atoms with Crippen LogP contribution in [-0.4, -0.2) is 51.1 Å². The zero-order valence-corrected chi connectivity index (χ0v) is 26.7. The highest BCUT2D eigenvalue weighted by Gasteiger charge is 2.44. The lowest BCUT2D eigenvalue weighted by Gasteiger charge is -2.39. The van der Waals surface area contributed by atoms with E-state index in [9.17, 15) is 4.79 Å². The van der Waals surface area contributed by atoms with Crippen LogP contribution in [0.3, 0.4) is 0 Å². The summed E-state index contributed by atoms with van der Waals surface area (Å²) in [5, 5.41) is 0.825. The minimum Gasteiger partial charge on any atom is -0.426 e. The number of esters is 1. The predicted octanol–water partition coefficient (Wildman–Crippen LogP) is 7.92. The number of halogens is 1. The first-order valence-electron chi connectivity index (χ1n) is 14.1. The first kappa shape index (κ1) is 32.0. The highest BCUT2D eigenvalue weighted by molar-refractivity contribution is 6.74. The Labute approximate surface area is 241 Å². The second kappa shape index (κ2) is 13.5. The van der Waals surface area contributed by atoms with Crippen LogP contribution in [0.5, 0.6) is 5.75 Å². The van der Waals surface area contributed by atoms with E-state index >= 15 is 0 Å². The third-order valence-corrected chi connectivity index (χ3v) is 12.7. The van der Waals surface area contributed by atoms with Crippen LogP contribution < -0.4 is 4.74 Å². The molecule has 6 nitrogen and oxygen atoms in total. The molecular formula is C31H47ClO6Si. The summed E-state index contributed by atoms with van der Waals surface area (Å²) in [4.78, 5) is 12.8. The molecule has 0 N–H and O–H groups in total. The van der Waals surface area contributed by atoms with Crippen molar-refractivity contribution in [2.24, 2.45) is 0 Å². The molecule has 2 fully saturated rings. The monoisotopic (exact) mass is 578 g/mol. The topological polar surface area (TPSA) is 63.2 Å². The van der Waals surface area contributed by atoms with E-state index in [1.54, 1.807) is 12.1 Å². The number of hydrogen-bond acceptors (Lipinski definition) is 6. The molecule has 218 valence electrons. The van der Waals surface area contributed by atoms with Crippen LogP contribution in [0.2, 0.25) is 18.1 Å². The zero-order chi connectivity index (χ0) is 28.8. The van der Waals surface area contributed by atoms with Crippen LogP contribution >= 0.6 is 11.6 Å². The Bertz CT molecular complexity index is 1010. The van der Waals surface area contributed by atoms with Crippen LogP contribution in [-0.2, 0) is 23.4 Å². The number of benzene rings is 1. The van der Waals surface area contributed by atoms with Gasteiger partial charge in [0.15, 0.2) is 14.1 Å². The Morgan fingerprint density at radius 2 is 1.87 bits per heavy atom. The Morgan fingerprint density at radius 1 is 1.18 bits per heavy atom. The first-order chi connectivity index (χ1) is 18.1. The van der Waals surface area contributed by atoms with Crippen LogP contribution in [0.25, 0.3) is 0 Å². The van der Waals surface area contributed by atoms with Crippen molar-refractivity contribution in [1.29, 1.82) is 0 Å². The van der Waals surface area contributed by atoms with Crippen molar-refractivity contribution in [3.63, 3.8) is 0 Å². The van der Waals surface area contributed by atoms with Gasteiger partial charge in [0.05, 0.1) is 31.3 Å². The lowest BCUT2D eigenvalue weighted by atomic mass is 10.1. The van der Waals surface area contributed by atoms with E-state index in [4.69, 9.17) is 35.0 Å². The van der Waals surface area contributed by atoms with Crippen molar-refractivity contribution in [3.05, 3.63) is 53.1 Å². The van der Waals surface area contributed by atoms with Crippen LogP contribution in [0.15, 0.2) is 53.1 Å². The molecule has 1 aromatic rings. The molecule has 2 aliphatic heterocycles. The second-order valence-electron chi connectivity index (χ2n) is 12.6. The summed E-state index contributed by atoms with van der Waals surface area (Å²) in [6.45, 7) is 17.5.